The predicted molar refractivity (Wildman–Crippen MR) is 88.0 cm³/mol. The van der Waals surface area contributed by atoms with Crippen molar-refractivity contribution in [2.75, 3.05) is 28.4 Å². The molecule has 0 radical (unpaired) electrons. The van der Waals surface area contributed by atoms with Gasteiger partial charge in [0, 0.05) is 0 Å². The van der Waals surface area contributed by atoms with Gasteiger partial charge in [-0.05, 0) is 35.4 Å². The van der Waals surface area contributed by atoms with E-state index in [1.54, 1.807) is 28.4 Å². The van der Waals surface area contributed by atoms with Gasteiger partial charge >= 0.3 is 0 Å². The topological polar surface area (TPSA) is 36.9 Å². The molecule has 0 unspecified atom stereocenters. The summed E-state index contributed by atoms with van der Waals surface area (Å²) in [5, 5.41) is 0. The second-order valence-electron chi connectivity index (χ2n) is 4.57. The summed E-state index contributed by atoms with van der Waals surface area (Å²) in [6, 6.07) is 11.6. The number of hydrogen-bond acceptors (Lipinski definition) is 4. The quantitative estimate of drug-likeness (QED) is 0.758. The third kappa shape index (κ3) is 3.52. The minimum absolute atomic E-state index is 0.589. The van der Waals surface area contributed by atoms with Crippen LogP contribution in [0.5, 0.6) is 23.0 Å². The van der Waals surface area contributed by atoms with E-state index in [4.69, 9.17) is 18.9 Å². The van der Waals surface area contributed by atoms with Crippen LogP contribution in [-0.4, -0.2) is 28.4 Å². The van der Waals surface area contributed by atoms with Crippen molar-refractivity contribution in [2.45, 2.75) is 0 Å². The minimum Gasteiger partial charge on any atom is -0.497 e. The summed E-state index contributed by atoms with van der Waals surface area (Å²) in [5.41, 5.74) is 2.04. The molecule has 0 saturated heterocycles. The van der Waals surface area contributed by atoms with Gasteiger partial charge < -0.3 is 18.9 Å². The molecule has 0 amide bonds. The molecule has 2 rings (SSSR count). The Morgan fingerprint density at radius 3 is 1.64 bits per heavy atom. The first-order chi connectivity index (χ1) is 10.7. The van der Waals surface area contributed by atoms with E-state index in [0.717, 1.165) is 16.9 Å². The highest BCUT2D eigenvalue weighted by Crippen LogP contribution is 2.38. The molecule has 0 aromatic heterocycles. The van der Waals surface area contributed by atoms with Crippen LogP contribution in [0.3, 0.4) is 0 Å². The summed E-state index contributed by atoms with van der Waals surface area (Å²) in [5.74, 6) is 2.70. The van der Waals surface area contributed by atoms with Crippen LogP contribution >= 0.6 is 0 Å². The van der Waals surface area contributed by atoms with Crippen molar-refractivity contribution in [3.63, 3.8) is 0 Å². The Morgan fingerprint density at radius 1 is 0.636 bits per heavy atom. The maximum Gasteiger partial charge on any atom is 0.203 e. The summed E-state index contributed by atoms with van der Waals surface area (Å²) in [7, 11) is 6.45. The predicted octanol–water partition coefficient (Wildman–Crippen LogP) is 3.89. The van der Waals surface area contributed by atoms with Crippen molar-refractivity contribution in [2.24, 2.45) is 0 Å². The molecule has 0 aliphatic rings. The average Bonchev–Trinajstić information content (AvgIpc) is 2.59. The number of ether oxygens (including phenoxy) is 4. The zero-order valence-electron chi connectivity index (χ0n) is 13.3. The van der Waals surface area contributed by atoms with Crippen molar-refractivity contribution in [3.05, 3.63) is 47.5 Å². The van der Waals surface area contributed by atoms with Crippen LogP contribution < -0.4 is 18.9 Å². The third-order valence-electron chi connectivity index (χ3n) is 3.27. The largest absolute Gasteiger partial charge is 0.497 e. The highest BCUT2D eigenvalue weighted by atomic mass is 16.5. The van der Waals surface area contributed by atoms with E-state index in [0.29, 0.717) is 17.2 Å². The van der Waals surface area contributed by atoms with Gasteiger partial charge in [0.05, 0.1) is 28.4 Å². The Bertz CT molecular complexity index is 620. The number of hydrogen-bond donors (Lipinski definition) is 0. The Morgan fingerprint density at radius 2 is 1.18 bits per heavy atom. The normalized spacial score (nSPS) is 10.5. The minimum atomic E-state index is 0.589. The van der Waals surface area contributed by atoms with Crippen molar-refractivity contribution in [3.8, 4) is 23.0 Å². The summed E-state index contributed by atoms with van der Waals surface area (Å²) in [4.78, 5) is 0. The molecular formula is C18H20O4. The maximum absolute atomic E-state index is 5.35. The molecule has 0 atom stereocenters. The van der Waals surface area contributed by atoms with Crippen LogP contribution in [0.4, 0.5) is 0 Å². The molecule has 4 heteroatoms. The fraction of sp³-hybridized carbons (Fsp3) is 0.222. The van der Waals surface area contributed by atoms with Crippen LogP contribution in [0.25, 0.3) is 12.2 Å². The Hall–Kier alpha value is -2.62. The van der Waals surface area contributed by atoms with E-state index in [2.05, 4.69) is 0 Å². The van der Waals surface area contributed by atoms with E-state index >= 15 is 0 Å². The first kappa shape index (κ1) is 15.8. The van der Waals surface area contributed by atoms with E-state index in [-0.39, 0.29) is 0 Å². The Balaban J connectivity index is 2.29. The second-order valence-corrected chi connectivity index (χ2v) is 4.57. The lowest BCUT2D eigenvalue weighted by molar-refractivity contribution is 0.324. The first-order valence-electron chi connectivity index (χ1n) is 6.84. The smallest absolute Gasteiger partial charge is 0.203 e. The highest BCUT2D eigenvalue weighted by Gasteiger charge is 2.11. The standard InChI is InChI=1S/C18H20O4/c1-19-15-9-7-13(8-10-15)5-6-14-11-16(20-2)18(22-4)17(12-14)21-3/h5-12H,1-4H3/b6-5+. The molecule has 0 aliphatic carbocycles. The fourth-order valence-corrected chi connectivity index (χ4v) is 2.11. The lowest BCUT2D eigenvalue weighted by atomic mass is 10.1. The third-order valence-corrected chi connectivity index (χ3v) is 3.27. The Kier molecular flexibility index (Phi) is 5.31. The van der Waals surface area contributed by atoms with Gasteiger partial charge in [-0.25, -0.2) is 0 Å². The van der Waals surface area contributed by atoms with Crippen molar-refractivity contribution in [1.29, 1.82) is 0 Å². The molecule has 2 aromatic rings. The number of benzene rings is 2. The van der Waals surface area contributed by atoms with Crippen molar-refractivity contribution in [1.82, 2.24) is 0 Å². The molecule has 0 saturated carbocycles. The van der Waals surface area contributed by atoms with E-state index in [1.165, 1.54) is 0 Å². The lowest BCUT2D eigenvalue weighted by Crippen LogP contribution is -1.95. The number of methoxy groups -OCH3 is 4. The van der Waals surface area contributed by atoms with Crippen LogP contribution in [0.15, 0.2) is 36.4 Å². The summed E-state index contributed by atoms with van der Waals surface area (Å²) >= 11 is 0. The molecule has 4 nitrogen and oxygen atoms in total. The fourth-order valence-electron chi connectivity index (χ4n) is 2.11. The van der Waals surface area contributed by atoms with E-state index in [9.17, 15) is 0 Å². The van der Waals surface area contributed by atoms with E-state index in [1.807, 2.05) is 48.6 Å². The molecule has 2 aromatic carbocycles. The van der Waals surface area contributed by atoms with Gasteiger partial charge in [0.1, 0.15) is 5.75 Å². The summed E-state index contributed by atoms with van der Waals surface area (Å²) in [6.07, 6.45) is 4.01. The van der Waals surface area contributed by atoms with Gasteiger partial charge in [-0.15, -0.1) is 0 Å². The highest BCUT2D eigenvalue weighted by molar-refractivity contribution is 5.72. The second kappa shape index (κ2) is 7.41. The zero-order chi connectivity index (χ0) is 15.9. The van der Waals surface area contributed by atoms with Crippen LogP contribution in [0.2, 0.25) is 0 Å². The van der Waals surface area contributed by atoms with Gasteiger partial charge in [0.2, 0.25) is 5.75 Å². The van der Waals surface area contributed by atoms with E-state index < -0.39 is 0 Å². The molecule has 0 N–H and O–H groups in total. The average molecular weight is 300 g/mol. The zero-order valence-corrected chi connectivity index (χ0v) is 13.3. The monoisotopic (exact) mass is 300 g/mol. The van der Waals surface area contributed by atoms with Gasteiger partial charge in [-0.1, -0.05) is 24.3 Å². The van der Waals surface area contributed by atoms with Gasteiger partial charge in [-0.3, -0.25) is 0 Å². The molecule has 0 aliphatic heterocycles. The molecule has 22 heavy (non-hydrogen) atoms. The lowest BCUT2D eigenvalue weighted by Gasteiger charge is -2.12. The SMILES string of the molecule is COc1ccc(/C=C/c2cc(OC)c(OC)c(OC)c2)cc1. The first-order valence-corrected chi connectivity index (χ1v) is 6.84. The maximum atomic E-state index is 5.35. The number of rotatable bonds is 6. The Labute approximate surface area is 130 Å². The van der Waals surface area contributed by atoms with Crippen molar-refractivity contribution >= 4 is 12.2 Å². The molecule has 0 fully saturated rings. The molecule has 0 bridgehead atoms. The molecule has 0 spiro atoms. The molecule has 116 valence electrons. The van der Waals surface area contributed by atoms with Crippen LogP contribution in [0.1, 0.15) is 11.1 Å². The molecule has 0 heterocycles. The van der Waals surface area contributed by atoms with Gasteiger partial charge in [-0.2, -0.15) is 0 Å². The van der Waals surface area contributed by atoms with Gasteiger partial charge in [0.15, 0.2) is 11.5 Å². The molecular weight excluding hydrogens is 280 g/mol. The summed E-state index contributed by atoms with van der Waals surface area (Å²) < 4.78 is 21.2. The summed E-state index contributed by atoms with van der Waals surface area (Å²) in [6.45, 7) is 0. The van der Waals surface area contributed by atoms with Crippen LogP contribution in [0, 0.1) is 0 Å². The van der Waals surface area contributed by atoms with Gasteiger partial charge in [0.25, 0.3) is 0 Å². The van der Waals surface area contributed by atoms with Crippen molar-refractivity contribution < 1.29 is 18.9 Å². The van der Waals surface area contributed by atoms with Crippen LogP contribution in [-0.2, 0) is 0 Å².